The standard InChI is InChI=1S/C17H30N4/c1-17(2,3)16-14(11-20(4)19-16)15(9-18)21(13-7-8-13)10-12-5-6-12/h11-13,15H,5-10,18H2,1-4H3. The average Bonchev–Trinajstić information content (AvgIpc) is 3.28. The first-order valence-electron chi connectivity index (χ1n) is 8.40. The number of rotatable bonds is 6. The average molecular weight is 290 g/mol. The molecule has 1 heterocycles. The van der Waals surface area contributed by atoms with Crippen molar-refractivity contribution in [2.24, 2.45) is 18.7 Å². The Morgan fingerprint density at radius 1 is 1.33 bits per heavy atom. The molecule has 2 N–H and O–H groups in total. The predicted octanol–water partition coefficient (Wildman–Crippen LogP) is 2.59. The SMILES string of the molecule is Cn1cc(C(CN)N(CC2CC2)C2CC2)c(C(C)(C)C)n1. The van der Waals surface area contributed by atoms with Gasteiger partial charge in [-0.1, -0.05) is 20.8 Å². The first kappa shape index (κ1) is 15.0. The van der Waals surface area contributed by atoms with E-state index in [-0.39, 0.29) is 5.41 Å². The lowest BCUT2D eigenvalue weighted by molar-refractivity contribution is 0.181. The second-order valence-electron chi connectivity index (χ2n) is 7.98. The fourth-order valence-electron chi connectivity index (χ4n) is 3.31. The van der Waals surface area contributed by atoms with Crippen LogP contribution < -0.4 is 5.73 Å². The summed E-state index contributed by atoms with van der Waals surface area (Å²) in [6.07, 6.45) is 7.68. The molecular formula is C17H30N4. The second-order valence-corrected chi connectivity index (χ2v) is 7.98. The second kappa shape index (κ2) is 5.40. The summed E-state index contributed by atoms with van der Waals surface area (Å²) in [6.45, 7) is 8.65. The Hall–Kier alpha value is -0.870. The fourth-order valence-corrected chi connectivity index (χ4v) is 3.31. The van der Waals surface area contributed by atoms with E-state index in [2.05, 4.69) is 31.9 Å². The van der Waals surface area contributed by atoms with Crippen molar-refractivity contribution >= 4 is 0 Å². The lowest BCUT2D eigenvalue weighted by Gasteiger charge is -2.32. The predicted molar refractivity (Wildman–Crippen MR) is 86.2 cm³/mol. The molecule has 118 valence electrons. The zero-order valence-corrected chi connectivity index (χ0v) is 14.0. The van der Waals surface area contributed by atoms with Gasteiger partial charge in [0.15, 0.2) is 0 Å². The van der Waals surface area contributed by atoms with Gasteiger partial charge in [-0.15, -0.1) is 0 Å². The van der Waals surface area contributed by atoms with E-state index >= 15 is 0 Å². The third-order valence-corrected chi connectivity index (χ3v) is 4.73. The first-order valence-corrected chi connectivity index (χ1v) is 8.40. The topological polar surface area (TPSA) is 47.1 Å². The van der Waals surface area contributed by atoms with Crippen LogP contribution in [0.1, 0.15) is 63.8 Å². The summed E-state index contributed by atoms with van der Waals surface area (Å²) in [5.41, 5.74) is 8.84. The highest BCUT2D eigenvalue weighted by atomic mass is 15.3. The normalized spacial score (nSPS) is 21.0. The van der Waals surface area contributed by atoms with E-state index in [1.807, 2.05) is 11.7 Å². The van der Waals surface area contributed by atoms with Crippen molar-refractivity contribution in [3.05, 3.63) is 17.5 Å². The molecule has 1 unspecified atom stereocenters. The minimum Gasteiger partial charge on any atom is -0.329 e. The molecule has 1 atom stereocenters. The van der Waals surface area contributed by atoms with E-state index in [0.717, 1.165) is 12.0 Å². The molecule has 0 bridgehead atoms. The molecule has 2 aliphatic rings. The van der Waals surface area contributed by atoms with Crippen molar-refractivity contribution in [1.82, 2.24) is 14.7 Å². The van der Waals surface area contributed by atoms with Crippen LogP contribution in [0.25, 0.3) is 0 Å². The van der Waals surface area contributed by atoms with Crippen LogP contribution in [0.5, 0.6) is 0 Å². The lowest BCUT2D eigenvalue weighted by atomic mass is 9.87. The Morgan fingerprint density at radius 3 is 2.48 bits per heavy atom. The smallest absolute Gasteiger partial charge is 0.0726 e. The molecule has 3 rings (SSSR count). The molecule has 0 amide bonds. The highest BCUT2D eigenvalue weighted by Gasteiger charge is 2.39. The molecule has 2 saturated carbocycles. The Labute approximate surface area is 128 Å². The number of aromatic nitrogens is 2. The quantitative estimate of drug-likeness (QED) is 0.876. The van der Waals surface area contributed by atoms with Crippen molar-refractivity contribution in [2.75, 3.05) is 13.1 Å². The summed E-state index contributed by atoms with van der Waals surface area (Å²) < 4.78 is 1.96. The van der Waals surface area contributed by atoms with Gasteiger partial charge in [0.05, 0.1) is 11.7 Å². The van der Waals surface area contributed by atoms with Crippen LogP contribution in [0.15, 0.2) is 6.20 Å². The maximum absolute atomic E-state index is 6.21. The van der Waals surface area contributed by atoms with Crippen molar-refractivity contribution < 1.29 is 0 Å². The van der Waals surface area contributed by atoms with Gasteiger partial charge >= 0.3 is 0 Å². The highest BCUT2D eigenvalue weighted by Crippen LogP contribution is 2.41. The zero-order valence-electron chi connectivity index (χ0n) is 14.0. The van der Waals surface area contributed by atoms with E-state index in [1.54, 1.807) is 0 Å². The van der Waals surface area contributed by atoms with Crippen LogP contribution in [0.3, 0.4) is 0 Å². The molecule has 0 aromatic carbocycles. The Morgan fingerprint density at radius 2 is 2.00 bits per heavy atom. The van der Waals surface area contributed by atoms with E-state index in [4.69, 9.17) is 10.8 Å². The summed E-state index contributed by atoms with van der Waals surface area (Å²) in [4.78, 5) is 2.68. The van der Waals surface area contributed by atoms with Gasteiger partial charge in [-0.3, -0.25) is 9.58 Å². The molecule has 1 aromatic heterocycles. The molecule has 1 aromatic rings. The van der Waals surface area contributed by atoms with Gasteiger partial charge in [-0.2, -0.15) is 5.10 Å². The number of nitrogens with two attached hydrogens (primary N) is 1. The third kappa shape index (κ3) is 3.32. The van der Waals surface area contributed by atoms with Gasteiger partial charge in [0.25, 0.3) is 0 Å². The minimum atomic E-state index is 0.0683. The van der Waals surface area contributed by atoms with Crippen LogP contribution in [-0.4, -0.2) is 33.8 Å². The summed E-state index contributed by atoms with van der Waals surface area (Å²) >= 11 is 0. The Bertz CT molecular complexity index is 491. The van der Waals surface area contributed by atoms with Gasteiger partial charge in [-0.25, -0.2) is 0 Å². The summed E-state index contributed by atoms with van der Waals surface area (Å²) in [6, 6.07) is 1.09. The summed E-state index contributed by atoms with van der Waals surface area (Å²) in [5, 5.41) is 4.74. The van der Waals surface area contributed by atoms with Crippen LogP contribution >= 0.6 is 0 Å². The minimum absolute atomic E-state index is 0.0683. The number of hydrogen-bond donors (Lipinski definition) is 1. The number of nitrogens with zero attached hydrogens (tertiary/aromatic N) is 3. The first-order chi connectivity index (χ1) is 9.90. The van der Waals surface area contributed by atoms with E-state index in [9.17, 15) is 0 Å². The molecule has 4 nitrogen and oxygen atoms in total. The molecule has 0 spiro atoms. The maximum Gasteiger partial charge on any atom is 0.0726 e. The molecular weight excluding hydrogens is 260 g/mol. The third-order valence-electron chi connectivity index (χ3n) is 4.73. The maximum atomic E-state index is 6.21. The van der Waals surface area contributed by atoms with Crippen molar-refractivity contribution in [2.45, 2.75) is 64.0 Å². The lowest BCUT2D eigenvalue weighted by Crippen LogP contribution is -2.38. The molecule has 2 aliphatic carbocycles. The van der Waals surface area contributed by atoms with Gasteiger partial charge < -0.3 is 5.73 Å². The molecule has 0 saturated heterocycles. The van der Waals surface area contributed by atoms with Gasteiger partial charge in [-0.05, 0) is 31.6 Å². The number of hydrogen-bond acceptors (Lipinski definition) is 3. The summed E-state index contributed by atoms with van der Waals surface area (Å²) in [5.74, 6) is 0.911. The molecule has 21 heavy (non-hydrogen) atoms. The van der Waals surface area contributed by atoms with Crippen LogP contribution in [0, 0.1) is 5.92 Å². The van der Waals surface area contributed by atoms with Gasteiger partial charge in [0, 0.05) is 43.4 Å². The molecule has 0 aliphatic heterocycles. The van der Waals surface area contributed by atoms with Crippen molar-refractivity contribution in [3.8, 4) is 0 Å². The highest BCUT2D eigenvalue weighted by molar-refractivity contribution is 5.28. The van der Waals surface area contributed by atoms with Crippen LogP contribution in [0.4, 0.5) is 0 Å². The Kier molecular flexibility index (Phi) is 3.87. The Balaban J connectivity index is 1.90. The molecule has 0 radical (unpaired) electrons. The van der Waals surface area contributed by atoms with E-state index < -0.39 is 0 Å². The van der Waals surface area contributed by atoms with Gasteiger partial charge in [0.2, 0.25) is 0 Å². The zero-order chi connectivity index (χ0) is 15.2. The molecule has 4 heteroatoms. The fraction of sp³-hybridized carbons (Fsp3) is 0.824. The largest absolute Gasteiger partial charge is 0.329 e. The van der Waals surface area contributed by atoms with E-state index in [1.165, 1.54) is 43.5 Å². The van der Waals surface area contributed by atoms with Crippen molar-refractivity contribution in [3.63, 3.8) is 0 Å². The van der Waals surface area contributed by atoms with E-state index in [0.29, 0.717) is 12.6 Å². The summed E-state index contributed by atoms with van der Waals surface area (Å²) in [7, 11) is 2.02. The monoisotopic (exact) mass is 290 g/mol. The number of aryl methyl sites for hydroxylation is 1. The van der Waals surface area contributed by atoms with Crippen LogP contribution in [0.2, 0.25) is 0 Å². The van der Waals surface area contributed by atoms with Gasteiger partial charge in [0.1, 0.15) is 0 Å². The van der Waals surface area contributed by atoms with Crippen molar-refractivity contribution in [1.29, 1.82) is 0 Å². The molecule has 2 fully saturated rings. The van der Waals surface area contributed by atoms with Crippen LogP contribution in [-0.2, 0) is 12.5 Å².